The Morgan fingerprint density at radius 1 is 1.00 bits per heavy atom. The highest BCUT2D eigenvalue weighted by atomic mass is 16.5. The van der Waals surface area contributed by atoms with E-state index in [9.17, 15) is 4.79 Å². The normalized spacial score (nSPS) is 10.6. The number of hydrazone groups is 1. The Morgan fingerprint density at radius 3 is 2.50 bits per heavy atom. The molecule has 0 saturated heterocycles. The van der Waals surface area contributed by atoms with Crippen molar-refractivity contribution in [2.24, 2.45) is 5.10 Å². The molecule has 0 heterocycles. The van der Waals surface area contributed by atoms with E-state index < -0.39 is 5.97 Å². The van der Waals surface area contributed by atoms with Crippen molar-refractivity contribution in [2.45, 2.75) is 6.61 Å². The highest BCUT2D eigenvalue weighted by molar-refractivity contribution is 5.88. The molecule has 3 aromatic rings. The topological polar surface area (TPSA) is 70.9 Å². The zero-order valence-electron chi connectivity index (χ0n) is 14.0. The molecule has 2 N–H and O–H groups in total. The lowest BCUT2D eigenvalue weighted by atomic mass is 10.2. The van der Waals surface area contributed by atoms with Crippen LogP contribution in [0.15, 0.2) is 84.0 Å². The summed E-state index contributed by atoms with van der Waals surface area (Å²) >= 11 is 0. The third-order valence-electron chi connectivity index (χ3n) is 3.65. The minimum atomic E-state index is -0.952. The molecule has 3 aromatic carbocycles. The summed E-state index contributed by atoms with van der Waals surface area (Å²) in [6.07, 6.45) is 1.68. The molecule has 0 fully saturated rings. The number of aromatic carboxylic acids is 1. The lowest BCUT2D eigenvalue weighted by Crippen LogP contribution is -1.97. The number of rotatable bonds is 7. The third-order valence-corrected chi connectivity index (χ3v) is 3.65. The van der Waals surface area contributed by atoms with E-state index in [1.165, 1.54) is 12.1 Å². The summed E-state index contributed by atoms with van der Waals surface area (Å²) in [6, 6.07) is 24.0. The van der Waals surface area contributed by atoms with Crippen molar-refractivity contribution < 1.29 is 14.6 Å². The zero-order chi connectivity index (χ0) is 18.2. The predicted octanol–water partition coefficient (Wildman–Crippen LogP) is 4.41. The van der Waals surface area contributed by atoms with E-state index in [1.807, 2.05) is 54.6 Å². The van der Waals surface area contributed by atoms with Crippen molar-refractivity contribution in [2.75, 3.05) is 5.43 Å². The van der Waals surface area contributed by atoms with Crippen LogP contribution in [0.2, 0.25) is 0 Å². The van der Waals surface area contributed by atoms with E-state index in [4.69, 9.17) is 9.84 Å². The first-order valence-corrected chi connectivity index (χ1v) is 8.10. The number of carboxylic acid groups (broad SMARTS) is 1. The van der Waals surface area contributed by atoms with Crippen LogP contribution in [0.1, 0.15) is 21.5 Å². The first-order valence-electron chi connectivity index (χ1n) is 8.10. The second-order valence-corrected chi connectivity index (χ2v) is 5.60. The van der Waals surface area contributed by atoms with Crippen LogP contribution >= 0.6 is 0 Å². The third kappa shape index (κ3) is 4.95. The Kier molecular flexibility index (Phi) is 5.62. The van der Waals surface area contributed by atoms with E-state index >= 15 is 0 Å². The number of hydrogen-bond donors (Lipinski definition) is 2. The quantitative estimate of drug-likeness (QED) is 0.491. The van der Waals surface area contributed by atoms with Crippen molar-refractivity contribution in [1.29, 1.82) is 0 Å². The van der Waals surface area contributed by atoms with Gasteiger partial charge in [0.1, 0.15) is 12.4 Å². The number of ether oxygens (including phenoxy) is 1. The Labute approximate surface area is 151 Å². The van der Waals surface area contributed by atoms with E-state index in [0.717, 1.165) is 16.9 Å². The number of benzene rings is 3. The largest absolute Gasteiger partial charge is 0.489 e. The second kappa shape index (κ2) is 8.48. The summed E-state index contributed by atoms with van der Waals surface area (Å²) in [5.74, 6) is -0.184. The number of nitrogens with one attached hydrogen (secondary N) is 1. The van der Waals surface area contributed by atoms with Gasteiger partial charge in [0.15, 0.2) is 0 Å². The van der Waals surface area contributed by atoms with Crippen LogP contribution in [0, 0.1) is 0 Å². The monoisotopic (exact) mass is 346 g/mol. The molecule has 0 amide bonds. The Bertz CT molecular complexity index is 891. The fourth-order valence-electron chi connectivity index (χ4n) is 2.29. The lowest BCUT2D eigenvalue weighted by Gasteiger charge is -2.07. The van der Waals surface area contributed by atoms with Crippen molar-refractivity contribution in [3.63, 3.8) is 0 Å². The van der Waals surface area contributed by atoms with Crippen LogP contribution in [-0.2, 0) is 6.61 Å². The Hall–Kier alpha value is -3.60. The molecule has 0 radical (unpaired) electrons. The fourth-order valence-corrected chi connectivity index (χ4v) is 2.29. The van der Waals surface area contributed by atoms with E-state index in [-0.39, 0.29) is 5.56 Å². The highest BCUT2D eigenvalue weighted by Gasteiger charge is 2.01. The van der Waals surface area contributed by atoms with Crippen LogP contribution < -0.4 is 10.2 Å². The SMILES string of the molecule is O=C(O)c1ccc(N/N=C\c2cccc(OCc3ccccc3)c2)cc1. The maximum Gasteiger partial charge on any atom is 0.335 e. The van der Waals surface area contributed by atoms with Crippen molar-refractivity contribution >= 4 is 17.9 Å². The molecule has 0 saturated carbocycles. The van der Waals surface area contributed by atoms with Crippen LogP contribution in [-0.4, -0.2) is 17.3 Å². The smallest absolute Gasteiger partial charge is 0.335 e. The standard InChI is InChI=1S/C21H18N2O3/c24-21(25)18-9-11-19(12-10-18)23-22-14-17-7-4-8-20(13-17)26-15-16-5-2-1-3-6-16/h1-14,23H,15H2,(H,24,25)/b22-14-. The van der Waals surface area contributed by atoms with Gasteiger partial charge in [-0.05, 0) is 47.5 Å². The number of nitrogens with zero attached hydrogens (tertiary/aromatic N) is 1. The van der Waals surface area contributed by atoms with Crippen LogP contribution in [0.3, 0.4) is 0 Å². The number of hydrogen-bond acceptors (Lipinski definition) is 4. The Morgan fingerprint density at radius 2 is 1.77 bits per heavy atom. The van der Waals surface area contributed by atoms with Gasteiger partial charge in [-0.25, -0.2) is 4.79 Å². The molecule has 0 atom stereocenters. The van der Waals surface area contributed by atoms with Crippen molar-refractivity contribution in [3.8, 4) is 5.75 Å². The van der Waals surface area contributed by atoms with E-state index in [0.29, 0.717) is 12.3 Å². The summed E-state index contributed by atoms with van der Waals surface area (Å²) in [6.45, 7) is 0.510. The molecule has 0 bridgehead atoms. The maximum absolute atomic E-state index is 10.8. The second-order valence-electron chi connectivity index (χ2n) is 5.60. The van der Waals surface area contributed by atoms with E-state index in [1.54, 1.807) is 18.3 Å². The molecule has 5 heteroatoms. The van der Waals surface area contributed by atoms with Gasteiger partial charge >= 0.3 is 5.97 Å². The van der Waals surface area contributed by atoms with Gasteiger partial charge in [0, 0.05) is 0 Å². The molecular weight excluding hydrogens is 328 g/mol. The van der Waals surface area contributed by atoms with Gasteiger partial charge in [-0.2, -0.15) is 5.10 Å². The molecule has 0 aliphatic rings. The molecule has 130 valence electrons. The van der Waals surface area contributed by atoms with Gasteiger partial charge in [-0.15, -0.1) is 0 Å². The average Bonchev–Trinajstić information content (AvgIpc) is 2.68. The fraction of sp³-hybridized carbons (Fsp3) is 0.0476. The predicted molar refractivity (Wildman–Crippen MR) is 102 cm³/mol. The molecule has 0 unspecified atom stereocenters. The van der Waals surface area contributed by atoms with Gasteiger partial charge in [0.05, 0.1) is 17.5 Å². The first-order chi connectivity index (χ1) is 12.7. The van der Waals surface area contributed by atoms with Crippen molar-refractivity contribution in [1.82, 2.24) is 0 Å². The van der Waals surface area contributed by atoms with Crippen LogP contribution in [0.4, 0.5) is 5.69 Å². The van der Waals surface area contributed by atoms with Gasteiger partial charge in [-0.1, -0.05) is 42.5 Å². The maximum atomic E-state index is 10.8. The molecule has 0 aliphatic carbocycles. The molecular formula is C21H18N2O3. The number of carboxylic acids is 1. The summed E-state index contributed by atoms with van der Waals surface area (Å²) in [5.41, 5.74) is 5.82. The average molecular weight is 346 g/mol. The van der Waals surface area contributed by atoms with Gasteiger partial charge < -0.3 is 9.84 Å². The van der Waals surface area contributed by atoms with Crippen LogP contribution in [0.5, 0.6) is 5.75 Å². The number of anilines is 1. The summed E-state index contributed by atoms with van der Waals surface area (Å²) in [4.78, 5) is 10.8. The highest BCUT2D eigenvalue weighted by Crippen LogP contribution is 2.15. The van der Waals surface area contributed by atoms with Gasteiger partial charge in [0.2, 0.25) is 0 Å². The van der Waals surface area contributed by atoms with Crippen LogP contribution in [0.25, 0.3) is 0 Å². The summed E-state index contributed by atoms with van der Waals surface area (Å²) in [5, 5.41) is 13.0. The molecule has 3 rings (SSSR count). The lowest BCUT2D eigenvalue weighted by molar-refractivity contribution is 0.0697. The minimum Gasteiger partial charge on any atom is -0.489 e. The summed E-state index contributed by atoms with van der Waals surface area (Å²) < 4.78 is 5.80. The zero-order valence-corrected chi connectivity index (χ0v) is 14.0. The molecule has 0 aliphatic heterocycles. The number of carbonyl (C=O) groups is 1. The van der Waals surface area contributed by atoms with Gasteiger partial charge in [-0.3, -0.25) is 5.43 Å². The summed E-state index contributed by atoms with van der Waals surface area (Å²) in [7, 11) is 0. The molecule has 0 spiro atoms. The molecule has 5 nitrogen and oxygen atoms in total. The van der Waals surface area contributed by atoms with E-state index in [2.05, 4.69) is 10.5 Å². The van der Waals surface area contributed by atoms with Gasteiger partial charge in [0.25, 0.3) is 0 Å². The Balaban J connectivity index is 1.57. The minimum absolute atomic E-state index is 0.239. The van der Waals surface area contributed by atoms with Crippen molar-refractivity contribution in [3.05, 3.63) is 95.6 Å². The molecule has 26 heavy (non-hydrogen) atoms. The first kappa shape index (κ1) is 17.2. The molecule has 0 aromatic heterocycles.